The number of ether oxygens (including phenoxy) is 2. The fourth-order valence-electron chi connectivity index (χ4n) is 1.44. The number of fused-ring (bicyclic) bond motifs is 1. The molecule has 1 N–H and O–H groups in total. The molecule has 1 aromatic rings. The van der Waals surface area contributed by atoms with E-state index in [4.69, 9.17) is 14.6 Å². The van der Waals surface area contributed by atoms with Gasteiger partial charge in [-0.2, -0.15) is 0 Å². The van der Waals surface area contributed by atoms with Gasteiger partial charge in [0.25, 0.3) is 5.78 Å². The van der Waals surface area contributed by atoms with E-state index in [1.165, 1.54) is 12.1 Å². The van der Waals surface area contributed by atoms with E-state index in [1.807, 2.05) is 0 Å². The van der Waals surface area contributed by atoms with Crippen molar-refractivity contribution in [1.29, 1.82) is 0 Å². The lowest BCUT2D eigenvalue weighted by molar-refractivity contribution is -0.131. The predicted molar refractivity (Wildman–Crippen MR) is 49.3 cm³/mol. The topological polar surface area (TPSA) is 72.8 Å². The number of aryl methyl sites for hydroxylation is 1. The van der Waals surface area contributed by atoms with Gasteiger partial charge in [-0.1, -0.05) is 0 Å². The third kappa shape index (κ3) is 1.52. The van der Waals surface area contributed by atoms with E-state index >= 15 is 0 Å². The third-order valence-electron chi connectivity index (χ3n) is 2.11. The minimum atomic E-state index is -1.48. The molecular formula is C10H8O5. The van der Waals surface area contributed by atoms with E-state index < -0.39 is 11.8 Å². The van der Waals surface area contributed by atoms with Crippen LogP contribution in [0.5, 0.6) is 11.5 Å². The molecule has 0 radical (unpaired) electrons. The van der Waals surface area contributed by atoms with Crippen molar-refractivity contribution >= 4 is 11.8 Å². The van der Waals surface area contributed by atoms with Crippen LogP contribution in [0.3, 0.4) is 0 Å². The number of benzene rings is 1. The second-order valence-electron chi connectivity index (χ2n) is 3.16. The summed E-state index contributed by atoms with van der Waals surface area (Å²) in [5.41, 5.74) is 0.791. The Labute approximate surface area is 85.2 Å². The molecule has 2 rings (SSSR count). The van der Waals surface area contributed by atoms with Crippen molar-refractivity contribution < 1.29 is 24.2 Å². The van der Waals surface area contributed by atoms with Crippen molar-refractivity contribution in [2.24, 2.45) is 0 Å². The highest BCUT2D eigenvalue weighted by molar-refractivity contribution is 6.40. The van der Waals surface area contributed by atoms with Gasteiger partial charge in [-0.15, -0.1) is 0 Å². The Morgan fingerprint density at radius 3 is 2.73 bits per heavy atom. The largest absolute Gasteiger partial charge is 0.475 e. The van der Waals surface area contributed by atoms with Crippen LogP contribution in [0, 0.1) is 6.92 Å². The Balaban J connectivity index is 2.48. The van der Waals surface area contributed by atoms with Gasteiger partial charge in [-0.25, -0.2) is 4.79 Å². The predicted octanol–water partition coefficient (Wildman–Crippen LogP) is 0.991. The number of carbonyl (C=O) groups excluding carboxylic acids is 1. The van der Waals surface area contributed by atoms with Crippen molar-refractivity contribution in [3.8, 4) is 11.5 Å². The van der Waals surface area contributed by atoms with Crippen molar-refractivity contribution in [1.82, 2.24) is 0 Å². The second kappa shape index (κ2) is 3.27. The molecule has 0 fully saturated rings. The van der Waals surface area contributed by atoms with Gasteiger partial charge < -0.3 is 14.6 Å². The molecule has 0 saturated carbocycles. The van der Waals surface area contributed by atoms with Crippen molar-refractivity contribution in [2.75, 3.05) is 6.79 Å². The van der Waals surface area contributed by atoms with Gasteiger partial charge in [-0.05, 0) is 24.6 Å². The fraction of sp³-hybridized carbons (Fsp3) is 0.200. The molecule has 0 aromatic heterocycles. The number of rotatable bonds is 2. The Hall–Kier alpha value is -2.04. The van der Waals surface area contributed by atoms with Crippen LogP contribution in [0.25, 0.3) is 0 Å². The van der Waals surface area contributed by atoms with Gasteiger partial charge in [0.2, 0.25) is 6.79 Å². The maximum absolute atomic E-state index is 11.2. The Morgan fingerprint density at radius 2 is 2.07 bits per heavy atom. The van der Waals surface area contributed by atoms with Crippen LogP contribution in [0.2, 0.25) is 0 Å². The third-order valence-corrected chi connectivity index (χ3v) is 2.11. The molecule has 15 heavy (non-hydrogen) atoms. The molecule has 5 heteroatoms. The molecule has 0 unspecified atom stereocenters. The summed E-state index contributed by atoms with van der Waals surface area (Å²) in [5, 5.41) is 8.55. The fourth-order valence-corrected chi connectivity index (χ4v) is 1.44. The maximum Gasteiger partial charge on any atom is 0.377 e. The average Bonchev–Trinajstić information content (AvgIpc) is 2.64. The first-order valence-electron chi connectivity index (χ1n) is 4.27. The van der Waals surface area contributed by atoms with E-state index in [9.17, 15) is 9.59 Å². The molecule has 0 aliphatic carbocycles. The molecule has 0 atom stereocenters. The van der Waals surface area contributed by atoms with Crippen LogP contribution in [-0.4, -0.2) is 23.7 Å². The molecule has 5 nitrogen and oxygen atoms in total. The van der Waals surface area contributed by atoms with Crippen LogP contribution in [0.15, 0.2) is 12.1 Å². The molecular weight excluding hydrogens is 200 g/mol. The molecule has 1 aliphatic rings. The number of carbonyl (C=O) groups is 2. The average molecular weight is 208 g/mol. The zero-order chi connectivity index (χ0) is 11.0. The molecule has 0 bridgehead atoms. The first-order valence-corrected chi connectivity index (χ1v) is 4.27. The number of ketones is 1. The van der Waals surface area contributed by atoms with Crippen molar-refractivity contribution in [2.45, 2.75) is 6.92 Å². The summed E-state index contributed by atoms with van der Waals surface area (Å²) in [4.78, 5) is 21.7. The summed E-state index contributed by atoms with van der Waals surface area (Å²) < 4.78 is 10.2. The SMILES string of the molecule is Cc1cc(C(=O)C(=O)O)cc2c1OCO2. The molecule has 1 heterocycles. The molecule has 0 amide bonds. The van der Waals surface area contributed by atoms with E-state index in [1.54, 1.807) is 6.92 Å². The summed E-state index contributed by atoms with van der Waals surface area (Å²) in [6, 6.07) is 2.86. The van der Waals surface area contributed by atoms with Crippen molar-refractivity contribution in [3.05, 3.63) is 23.3 Å². The van der Waals surface area contributed by atoms with Crippen molar-refractivity contribution in [3.63, 3.8) is 0 Å². The lowest BCUT2D eigenvalue weighted by atomic mass is 10.1. The monoisotopic (exact) mass is 208 g/mol. The van der Waals surface area contributed by atoms with E-state index in [2.05, 4.69) is 0 Å². The minimum Gasteiger partial charge on any atom is -0.475 e. The summed E-state index contributed by atoms with van der Waals surface area (Å²) in [7, 11) is 0. The van der Waals surface area contributed by atoms with Gasteiger partial charge in [0, 0.05) is 5.56 Å². The highest BCUT2D eigenvalue weighted by Gasteiger charge is 2.22. The first kappa shape index (κ1) is 9.51. The van der Waals surface area contributed by atoms with Crippen LogP contribution in [-0.2, 0) is 4.79 Å². The Bertz CT molecular complexity index is 449. The zero-order valence-corrected chi connectivity index (χ0v) is 7.94. The summed E-state index contributed by atoms with van der Waals surface area (Å²) >= 11 is 0. The van der Waals surface area contributed by atoms with E-state index in [0.29, 0.717) is 17.1 Å². The Morgan fingerprint density at radius 1 is 1.33 bits per heavy atom. The van der Waals surface area contributed by atoms with E-state index in [-0.39, 0.29) is 12.4 Å². The smallest absolute Gasteiger partial charge is 0.377 e. The second-order valence-corrected chi connectivity index (χ2v) is 3.16. The van der Waals surface area contributed by atoms with Crippen LogP contribution in [0.1, 0.15) is 15.9 Å². The number of Topliss-reactive ketones (excluding diaryl/α,β-unsaturated/α-hetero) is 1. The number of carboxylic acids is 1. The normalized spacial score (nSPS) is 12.6. The van der Waals surface area contributed by atoms with Gasteiger partial charge in [0.15, 0.2) is 11.5 Å². The van der Waals surface area contributed by atoms with Crippen LogP contribution in [0.4, 0.5) is 0 Å². The lowest BCUT2D eigenvalue weighted by Gasteiger charge is -2.02. The van der Waals surface area contributed by atoms with E-state index in [0.717, 1.165) is 0 Å². The highest BCUT2D eigenvalue weighted by Crippen LogP contribution is 2.36. The lowest BCUT2D eigenvalue weighted by Crippen LogP contribution is -2.12. The molecule has 1 aromatic carbocycles. The van der Waals surface area contributed by atoms with Crippen LogP contribution < -0.4 is 9.47 Å². The standard InChI is InChI=1S/C10H8O5/c1-5-2-6(8(11)10(12)13)3-7-9(5)15-4-14-7/h2-3H,4H2,1H3,(H,12,13). The summed E-state index contributed by atoms with van der Waals surface area (Å²) in [6.07, 6.45) is 0. The quantitative estimate of drug-likeness (QED) is 0.579. The summed E-state index contributed by atoms with van der Waals surface area (Å²) in [5.74, 6) is -1.44. The number of carboxylic acid groups (broad SMARTS) is 1. The van der Waals surface area contributed by atoms with Gasteiger partial charge >= 0.3 is 5.97 Å². The highest BCUT2D eigenvalue weighted by atomic mass is 16.7. The number of aliphatic carboxylic acids is 1. The number of hydrogen-bond acceptors (Lipinski definition) is 4. The molecule has 78 valence electrons. The molecule has 0 saturated heterocycles. The Kier molecular flexibility index (Phi) is 2.07. The maximum atomic E-state index is 11.2. The van der Waals surface area contributed by atoms with Gasteiger partial charge in [-0.3, -0.25) is 4.79 Å². The van der Waals surface area contributed by atoms with Crippen LogP contribution >= 0.6 is 0 Å². The first-order chi connectivity index (χ1) is 7.09. The number of hydrogen-bond donors (Lipinski definition) is 1. The summed E-state index contributed by atoms with van der Waals surface area (Å²) in [6.45, 7) is 1.83. The minimum absolute atomic E-state index is 0.0981. The zero-order valence-electron chi connectivity index (χ0n) is 7.94. The van der Waals surface area contributed by atoms with Gasteiger partial charge in [0.1, 0.15) is 0 Å². The van der Waals surface area contributed by atoms with Gasteiger partial charge in [0.05, 0.1) is 0 Å². The molecule has 1 aliphatic heterocycles. The molecule has 0 spiro atoms.